The highest BCUT2D eigenvalue weighted by molar-refractivity contribution is 9.10. The summed E-state index contributed by atoms with van der Waals surface area (Å²) in [6, 6.07) is 5.98. The number of aliphatic hydroxyl groups is 1. The average molecular weight is 273 g/mol. The molecule has 3 nitrogen and oxygen atoms in total. The summed E-state index contributed by atoms with van der Waals surface area (Å²) in [5, 5.41) is 12.6. The number of hydrogen-bond acceptors (Lipinski definition) is 4. The third-order valence-corrected chi connectivity index (χ3v) is 3.21. The van der Waals surface area contributed by atoms with Crippen molar-refractivity contribution in [2.75, 3.05) is 18.5 Å². The Morgan fingerprint density at radius 3 is 3.14 bits per heavy atom. The van der Waals surface area contributed by atoms with Gasteiger partial charge >= 0.3 is 0 Å². The lowest BCUT2D eigenvalue weighted by atomic mass is 10.3. The Morgan fingerprint density at radius 1 is 1.50 bits per heavy atom. The van der Waals surface area contributed by atoms with E-state index in [2.05, 4.69) is 26.2 Å². The van der Waals surface area contributed by atoms with Gasteiger partial charge in [-0.3, -0.25) is 0 Å². The second-order valence-corrected chi connectivity index (χ2v) is 4.73. The molecule has 14 heavy (non-hydrogen) atoms. The van der Waals surface area contributed by atoms with Crippen LogP contribution in [0.1, 0.15) is 0 Å². The minimum absolute atomic E-state index is 0.125. The predicted octanol–water partition coefficient (Wildman–Crippen LogP) is 2.46. The second-order valence-electron chi connectivity index (χ2n) is 2.78. The molecule has 0 radical (unpaired) electrons. The zero-order valence-corrected chi connectivity index (χ0v) is 9.73. The number of nitrogens with zero attached hydrogens (tertiary/aromatic N) is 1. The third kappa shape index (κ3) is 2.05. The molecule has 0 atom stereocenters. The van der Waals surface area contributed by atoms with E-state index in [4.69, 9.17) is 5.11 Å². The normalized spacial score (nSPS) is 10.7. The van der Waals surface area contributed by atoms with E-state index in [9.17, 15) is 0 Å². The summed E-state index contributed by atoms with van der Waals surface area (Å²) in [4.78, 5) is 4.37. The SMILES string of the molecule is OCCNc1nc2ccc(Br)cc2s1. The Morgan fingerprint density at radius 2 is 2.36 bits per heavy atom. The summed E-state index contributed by atoms with van der Waals surface area (Å²) < 4.78 is 2.20. The van der Waals surface area contributed by atoms with Gasteiger partial charge in [-0.05, 0) is 18.2 Å². The van der Waals surface area contributed by atoms with Gasteiger partial charge in [0.1, 0.15) is 0 Å². The highest BCUT2D eigenvalue weighted by Crippen LogP contribution is 2.28. The molecule has 0 spiro atoms. The number of thiazole rings is 1. The van der Waals surface area contributed by atoms with E-state index in [1.807, 2.05) is 18.2 Å². The van der Waals surface area contributed by atoms with Crippen LogP contribution in [0.5, 0.6) is 0 Å². The van der Waals surface area contributed by atoms with Crippen molar-refractivity contribution in [1.29, 1.82) is 0 Å². The van der Waals surface area contributed by atoms with E-state index in [-0.39, 0.29) is 6.61 Å². The van der Waals surface area contributed by atoms with Crippen molar-refractivity contribution in [3.05, 3.63) is 22.7 Å². The first kappa shape index (κ1) is 9.89. The summed E-state index contributed by atoms with van der Waals surface area (Å²) in [6.07, 6.45) is 0. The Kier molecular flexibility index (Phi) is 3.00. The summed E-state index contributed by atoms with van der Waals surface area (Å²) in [6.45, 7) is 0.667. The lowest BCUT2D eigenvalue weighted by Crippen LogP contribution is -2.04. The number of aromatic nitrogens is 1. The van der Waals surface area contributed by atoms with Crippen molar-refractivity contribution in [3.8, 4) is 0 Å². The fraction of sp³-hybridized carbons (Fsp3) is 0.222. The van der Waals surface area contributed by atoms with Crippen LogP contribution in [0, 0.1) is 0 Å². The molecule has 2 N–H and O–H groups in total. The first-order valence-corrected chi connectivity index (χ1v) is 5.81. The van der Waals surface area contributed by atoms with Crippen molar-refractivity contribution in [2.24, 2.45) is 0 Å². The molecule has 0 aliphatic heterocycles. The number of nitrogens with one attached hydrogen (secondary N) is 1. The number of fused-ring (bicyclic) bond motifs is 1. The Labute approximate surface area is 93.9 Å². The number of anilines is 1. The van der Waals surface area contributed by atoms with E-state index in [0.717, 1.165) is 19.8 Å². The van der Waals surface area contributed by atoms with Crippen LogP contribution < -0.4 is 5.32 Å². The maximum atomic E-state index is 8.65. The van der Waals surface area contributed by atoms with Gasteiger partial charge in [-0.25, -0.2) is 4.98 Å². The fourth-order valence-corrected chi connectivity index (χ4v) is 2.58. The highest BCUT2D eigenvalue weighted by Gasteiger charge is 2.02. The van der Waals surface area contributed by atoms with Crippen LogP contribution in [-0.2, 0) is 0 Å². The zero-order chi connectivity index (χ0) is 9.97. The minimum Gasteiger partial charge on any atom is -0.395 e. The average Bonchev–Trinajstić information content (AvgIpc) is 2.56. The summed E-state index contributed by atoms with van der Waals surface area (Å²) in [5.74, 6) is 0. The molecular formula is C9H9BrN2OS. The number of aliphatic hydroxyl groups excluding tert-OH is 1. The second kappa shape index (κ2) is 4.25. The molecule has 1 aromatic carbocycles. The van der Waals surface area contributed by atoms with E-state index >= 15 is 0 Å². The van der Waals surface area contributed by atoms with Gasteiger partial charge in [0.05, 0.1) is 16.8 Å². The van der Waals surface area contributed by atoms with Crippen LogP contribution in [0.4, 0.5) is 5.13 Å². The van der Waals surface area contributed by atoms with E-state index in [1.54, 1.807) is 11.3 Å². The van der Waals surface area contributed by atoms with Gasteiger partial charge < -0.3 is 10.4 Å². The summed E-state index contributed by atoms with van der Waals surface area (Å²) >= 11 is 5.00. The van der Waals surface area contributed by atoms with Crippen molar-refractivity contribution in [2.45, 2.75) is 0 Å². The molecule has 0 saturated heterocycles. The van der Waals surface area contributed by atoms with Gasteiger partial charge in [-0.1, -0.05) is 27.3 Å². The first-order chi connectivity index (χ1) is 6.79. The van der Waals surface area contributed by atoms with E-state index < -0.39 is 0 Å². The molecule has 0 amide bonds. The molecule has 2 aromatic rings. The third-order valence-electron chi connectivity index (χ3n) is 1.74. The smallest absolute Gasteiger partial charge is 0.183 e. The molecule has 5 heteroatoms. The van der Waals surface area contributed by atoms with Crippen LogP contribution >= 0.6 is 27.3 Å². The van der Waals surface area contributed by atoms with Gasteiger partial charge in [0.2, 0.25) is 0 Å². The van der Waals surface area contributed by atoms with Crippen LogP contribution in [-0.4, -0.2) is 23.2 Å². The van der Waals surface area contributed by atoms with Gasteiger partial charge in [0.25, 0.3) is 0 Å². The number of halogens is 1. The van der Waals surface area contributed by atoms with Crippen LogP contribution in [0.2, 0.25) is 0 Å². The molecular weight excluding hydrogens is 264 g/mol. The molecule has 0 aliphatic carbocycles. The molecule has 2 rings (SSSR count). The fourth-order valence-electron chi connectivity index (χ4n) is 1.14. The topological polar surface area (TPSA) is 45.1 Å². The van der Waals surface area contributed by atoms with E-state index in [0.29, 0.717) is 6.54 Å². The van der Waals surface area contributed by atoms with Crippen LogP contribution in [0.15, 0.2) is 22.7 Å². The Hall–Kier alpha value is -0.650. The number of rotatable bonds is 3. The molecule has 74 valence electrons. The van der Waals surface area contributed by atoms with Crippen molar-refractivity contribution in [3.63, 3.8) is 0 Å². The van der Waals surface area contributed by atoms with Crippen LogP contribution in [0.3, 0.4) is 0 Å². The lowest BCUT2D eigenvalue weighted by Gasteiger charge is -1.95. The number of benzene rings is 1. The molecule has 0 fully saturated rings. The Balaban J connectivity index is 2.32. The monoisotopic (exact) mass is 272 g/mol. The molecule has 0 unspecified atom stereocenters. The van der Waals surface area contributed by atoms with Gasteiger partial charge in [-0.2, -0.15) is 0 Å². The standard InChI is InChI=1S/C9H9BrN2OS/c10-6-1-2-7-8(5-6)14-9(12-7)11-3-4-13/h1-2,5,13H,3-4H2,(H,11,12). The maximum Gasteiger partial charge on any atom is 0.183 e. The molecule has 0 saturated carbocycles. The first-order valence-electron chi connectivity index (χ1n) is 4.20. The summed E-state index contributed by atoms with van der Waals surface area (Å²) in [5.41, 5.74) is 0.985. The largest absolute Gasteiger partial charge is 0.395 e. The zero-order valence-electron chi connectivity index (χ0n) is 7.33. The van der Waals surface area contributed by atoms with Crippen molar-refractivity contribution in [1.82, 2.24) is 4.98 Å². The summed E-state index contributed by atoms with van der Waals surface area (Å²) in [7, 11) is 0. The van der Waals surface area contributed by atoms with E-state index in [1.165, 1.54) is 0 Å². The molecule has 0 aliphatic rings. The van der Waals surface area contributed by atoms with Crippen LogP contribution in [0.25, 0.3) is 10.2 Å². The highest BCUT2D eigenvalue weighted by atomic mass is 79.9. The van der Waals surface area contributed by atoms with Crippen molar-refractivity contribution >= 4 is 42.6 Å². The molecule has 0 bridgehead atoms. The quantitative estimate of drug-likeness (QED) is 0.903. The molecule has 1 heterocycles. The molecule has 1 aromatic heterocycles. The Bertz CT molecular complexity index is 443. The van der Waals surface area contributed by atoms with Gasteiger partial charge in [0, 0.05) is 11.0 Å². The van der Waals surface area contributed by atoms with Crippen molar-refractivity contribution < 1.29 is 5.11 Å². The minimum atomic E-state index is 0.125. The van der Waals surface area contributed by atoms with Gasteiger partial charge in [0.15, 0.2) is 5.13 Å². The maximum absolute atomic E-state index is 8.65. The van der Waals surface area contributed by atoms with Gasteiger partial charge in [-0.15, -0.1) is 0 Å². The lowest BCUT2D eigenvalue weighted by molar-refractivity contribution is 0.311. The number of hydrogen-bond donors (Lipinski definition) is 2. The predicted molar refractivity (Wildman–Crippen MR) is 62.9 cm³/mol.